The number of hydrogen-bond acceptors (Lipinski definition) is 7. The summed E-state index contributed by atoms with van der Waals surface area (Å²) in [4.78, 5) is 21.8. The Balaban J connectivity index is 1.23. The molecule has 2 aliphatic rings. The van der Waals surface area contributed by atoms with Crippen molar-refractivity contribution in [1.82, 2.24) is 9.97 Å². The van der Waals surface area contributed by atoms with E-state index in [0.29, 0.717) is 28.2 Å². The van der Waals surface area contributed by atoms with Crippen LogP contribution in [-0.4, -0.2) is 48.6 Å². The number of aromatic nitrogens is 2. The van der Waals surface area contributed by atoms with E-state index in [2.05, 4.69) is 44.9 Å². The number of nitrogens with one attached hydrogen (secondary N) is 2. The third-order valence-electron chi connectivity index (χ3n) is 7.36. The maximum absolute atomic E-state index is 15.2. The van der Waals surface area contributed by atoms with E-state index in [9.17, 15) is 4.79 Å². The van der Waals surface area contributed by atoms with Gasteiger partial charge in [0.25, 0.3) is 0 Å². The first kappa shape index (κ1) is 26.4. The predicted octanol–water partition coefficient (Wildman–Crippen LogP) is 5.97. The molecular weight excluding hydrogens is 526 g/mol. The smallest absolute Gasteiger partial charge is 0.404 e. The predicted molar refractivity (Wildman–Crippen MR) is 152 cm³/mol. The maximum atomic E-state index is 15.2. The number of carbonyl (C=O) groups excluding carboxylic acids is 1. The Bertz CT molecular complexity index is 1330. The lowest BCUT2D eigenvalue weighted by molar-refractivity contribution is -0.0522. The molecule has 1 saturated carbocycles. The van der Waals surface area contributed by atoms with E-state index in [1.165, 1.54) is 17.6 Å². The molecule has 2 aromatic carbocycles. The first-order valence-corrected chi connectivity index (χ1v) is 15.2. The number of halogens is 2. The number of hydrogen-bond donors (Lipinski definition) is 3. The average molecular weight is 557 g/mol. The van der Waals surface area contributed by atoms with Crippen molar-refractivity contribution in [3.63, 3.8) is 0 Å². The van der Waals surface area contributed by atoms with E-state index in [4.69, 9.17) is 22.1 Å². The van der Waals surface area contributed by atoms with Crippen molar-refractivity contribution in [2.45, 2.75) is 31.8 Å². The lowest BCUT2D eigenvalue weighted by atomic mass is 9.61. The highest BCUT2D eigenvalue weighted by Crippen LogP contribution is 2.50. The van der Waals surface area contributed by atoms with Crippen LogP contribution in [0.1, 0.15) is 25.7 Å². The summed E-state index contributed by atoms with van der Waals surface area (Å²) in [6.45, 7) is 5.88. The van der Waals surface area contributed by atoms with Gasteiger partial charge >= 0.3 is 6.09 Å². The highest BCUT2D eigenvalue weighted by Gasteiger charge is 2.47. The van der Waals surface area contributed by atoms with Crippen molar-refractivity contribution in [3.05, 3.63) is 59.5 Å². The van der Waals surface area contributed by atoms with Gasteiger partial charge in [-0.3, -0.25) is 0 Å². The second-order valence-corrected chi connectivity index (χ2v) is 12.8. The van der Waals surface area contributed by atoms with E-state index in [1.54, 1.807) is 6.07 Å². The molecule has 0 unspecified atom stereocenters. The molecule has 1 spiro atoms. The summed E-state index contributed by atoms with van der Waals surface area (Å²) in [5.41, 5.74) is 7.36. The molecule has 5 rings (SSSR count). The monoisotopic (exact) mass is 556 g/mol. The maximum Gasteiger partial charge on any atom is 0.404 e. The van der Waals surface area contributed by atoms with Gasteiger partial charge in [0.05, 0.1) is 11.9 Å². The zero-order valence-electron chi connectivity index (χ0n) is 21.4. The summed E-state index contributed by atoms with van der Waals surface area (Å²) in [7, 11) is -0.324. The van der Waals surface area contributed by atoms with Crippen LogP contribution in [0, 0.1) is 11.2 Å². The second kappa shape index (κ2) is 10.9. The number of nitrogens with zero attached hydrogens (tertiary/aromatic N) is 3. The SMILES string of the molecule is CP(C)c1ccccc1Nc1nc(Nc2ccc(N3CCC4(CC3)CC(OC(N)=O)C4)c(F)c2)ncc1Cl. The van der Waals surface area contributed by atoms with Crippen LogP contribution in [-0.2, 0) is 4.74 Å². The summed E-state index contributed by atoms with van der Waals surface area (Å²) < 4.78 is 20.3. The number of nitrogens with two attached hydrogens (primary N) is 1. The molecule has 38 heavy (non-hydrogen) atoms. The van der Waals surface area contributed by atoms with Crippen molar-refractivity contribution in [3.8, 4) is 0 Å². The zero-order valence-corrected chi connectivity index (χ0v) is 23.0. The Hall–Kier alpha value is -3.16. The quantitative estimate of drug-likeness (QED) is 0.308. The third-order valence-corrected chi connectivity index (χ3v) is 8.99. The van der Waals surface area contributed by atoms with Gasteiger partial charge in [-0.15, -0.1) is 0 Å². The molecule has 0 radical (unpaired) electrons. The summed E-state index contributed by atoms with van der Waals surface area (Å²) in [5.74, 6) is 0.483. The van der Waals surface area contributed by atoms with Gasteiger partial charge in [0, 0.05) is 24.5 Å². The molecule has 1 amide bonds. The van der Waals surface area contributed by atoms with Gasteiger partial charge in [-0.1, -0.05) is 37.7 Å². The number of primary amides is 1. The lowest BCUT2D eigenvalue weighted by Crippen LogP contribution is -2.50. The Labute approximate surface area is 227 Å². The highest BCUT2D eigenvalue weighted by molar-refractivity contribution is 7.64. The Morgan fingerprint density at radius 1 is 1.18 bits per heavy atom. The normalized spacial score (nSPS) is 16.8. The van der Waals surface area contributed by atoms with Crippen LogP contribution in [0.4, 0.5) is 38.0 Å². The molecule has 1 aliphatic carbocycles. The van der Waals surface area contributed by atoms with Gasteiger partial charge in [-0.25, -0.2) is 14.2 Å². The van der Waals surface area contributed by atoms with Gasteiger partial charge in [0.1, 0.15) is 16.9 Å². The van der Waals surface area contributed by atoms with Crippen molar-refractivity contribution < 1.29 is 13.9 Å². The largest absolute Gasteiger partial charge is 0.446 e. The van der Waals surface area contributed by atoms with E-state index < -0.39 is 6.09 Å². The molecule has 0 atom stereocenters. The number of rotatable bonds is 7. The molecule has 11 heteroatoms. The number of para-hydroxylation sites is 1. The Morgan fingerprint density at radius 2 is 1.92 bits per heavy atom. The minimum absolute atomic E-state index is 0.0854. The first-order chi connectivity index (χ1) is 18.2. The van der Waals surface area contributed by atoms with Crippen LogP contribution < -0.4 is 26.6 Å². The summed E-state index contributed by atoms with van der Waals surface area (Å²) in [6.07, 6.45) is 4.25. The third kappa shape index (κ3) is 5.79. The van der Waals surface area contributed by atoms with E-state index >= 15 is 4.39 Å². The van der Waals surface area contributed by atoms with Gasteiger partial charge in [-0.2, -0.15) is 4.98 Å². The molecule has 0 bridgehead atoms. The van der Waals surface area contributed by atoms with E-state index in [1.807, 2.05) is 24.3 Å². The molecule has 200 valence electrons. The van der Waals surface area contributed by atoms with Crippen LogP contribution in [0.25, 0.3) is 0 Å². The minimum Gasteiger partial charge on any atom is -0.446 e. The molecule has 8 nitrogen and oxygen atoms in total. The number of ether oxygens (including phenoxy) is 1. The van der Waals surface area contributed by atoms with Gasteiger partial charge < -0.3 is 26.0 Å². The molecule has 2 fully saturated rings. The van der Waals surface area contributed by atoms with Crippen LogP contribution in [0.2, 0.25) is 5.02 Å². The highest BCUT2D eigenvalue weighted by atomic mass is 35.5. The van der Waals surface area contributed by atoms with Gasteiger partial charge in [0.2, 0.25) is 5.95 Å². The van der Waals surface area contributed by atoms with E-state index in [-0.39, 0.29) is 25.3 Å². The standard InChI is InChI=1S/C27H31ClFN6O2P/c1-38(2)23-6-4-3-5-21(23)33-24-19(28)16-31-26(34-24)32-17-7-8-22(20(29)13-17)35-11-9-27(10-12-35)14-18(15-27)37-25(30)36/h3-8,13,16,18H,9-12,14-15H2,1-2H3,(H2,30,36)(H2,31,32,33,34). The first-order valence-electron chi connectivity index (χ1n) is 12.5. The number of benzene rings is 2. The lowest BCUT2D eigenvalue weighted by Gasteiger charge is -2.51. The second-order valence-electron chi connectivity index (χ2n) is 10.2. The fraction of sp³-hybridized carbons (Fsp3) is 0.370. The number of amides is 1. The summed E-state index contributed by atoms with van der Waals surface area (Å²) in [5, 5.41) is 8.02. The van der Waals surface area contributed by atoms with Crippen LogP contribution >= 0.6 is 19.5 Å². The van der Waals surface area contributed by atoms with Crippen LogP contribution in [0.3, 0.4) is 0 Å². The van der Waals surface area contributed by atoms with Crippen molar-refractivity contribution >= 4 is 59.7 Å². The molecule has 4 N–H and O–H groups in total. The molecule has 1 aliphatic heterocycles. The molecule has 3 aromatic rings. The van der Waals surface area contributed by atoms with Gasteiger partial charge in [0.15, 0.2) is 5.82 Å². The Morgan fingerprint density at radius 3 is 2.61 bits per heavy atom. The van der Waals surface area contributed by atoms with Crippen molar-refractivity contribution in [2.24, 2.45) is 11.1 Å². The minimum atomic E-state index is -0.716. The zero-order chi connectivity index (χ0) is 26.9. The number of anilines is 5. The number of piperidine rings is 1. The van der Waals surface area contributed by atoms with Crippen LogP contribution in [0.5, 0.6) is 0 Å². The molecule has 2 heterocycles. The molecule has 1 saturated heterocycles. The fourth-order valence-electron chi connectivity index (χ4n) is 5.37. The van der Waals surface area contributed by atoms with E-state index in [0.717, 1.165) is 44.5 Å². The number of carbonyl (C=O) groups is 1. The van der Waals surface area contributed by atoms with Gasteiger partial charge in [-0.05, 0) is 74.0 Å². The van der Waals surface area contributed by atoms with Crippen molar-refractivity contribution in [1.29, 1.82) is 0 Å². The molecular formula is C27H31ClFN6O2P. The fourth-order valence-corrected chi connectivity index (χ4v) is 6.50. The summed E-state index contributed by atoms with van der Waals surface area (Å²) >= 11 is 6.37. The van der Waals surface area contributed by atoms with Crippen molar-refractivity contribution in [2.75, 3.05) is 42.0 Å². The van der Waals surface area contributed by atoms with Crippen LogP contribution in [0.15, 0.2) is 48.7 Å². The summed E-state index contributed by atoms with van der Waals surface area (Å²) in [6, 6.07) is 13.1. The Kier molecular flexibility index (Phi) is 7.59. The average Bonchev–Trinajstić information content (AvgIpc) is 2.86. The topological polar surface area (TPSA) is 105 Å². The molecule has 1 aromatic heterocycles.